The van der Waals surface area contributed by atoms with Crippen molar-refractivity contribution in [3.8, 4) is 5.88 Å². The van der Waals surface area contributed by atoms with Crippen molar-refractivity contribution in [1.82, 2.24) is 15.2 Å². The molecular weight excluding hydrogens is 218 g/mol. The Bertz CT molecular complexity index is 322. The largest absolute Gasteiger partial charge is 0.491 e. The van der Waals surface area contributed by atoms with Gasteiger partial charge in [-0.05, 0) is 6.26 Å². The van der Waals surface area contributed by atoms with Gasteiger partial charge >= 0.3 is 5.97 Å². The summed E-state index contributed by atoms with van der Waals surface area (Å²) in [6.07, 6.45) is 1.69. The molecule has 1 rings (SSSR count). The fourth-order valence-corrected chi connectivity index (χ4v) is 0.829. The lowest BCUT2D eigenvalue weighted by molar-refractivity contribution is 0.0683. The third-order valence-electron chi connectivity index (χ3n) is 1.03. The van der Waals surface area contributed by atoms with Crippen LogP contribution in [0.15, 0.2) is 5.16 Å². The van der Waals surface area contributed by atoms with Crippen molar-refractivity contribution in [2.24, 2.45) is 0 Å². The topological polar surface area (TPSA) is 96.2 Å². The third kappa shape index (κ3) is 2.71. The van der Waals surface area contributed by atoms with Crippen LogP contribution in [0.2, 0.25) is 0 Å². The van der Waals surface area contributed by atoms with E-state index in [-0.39, 0.29) is 17.6 Å². The van der Waals surface area contributed by atoms with E-state index in [0.29, 0.717) is 0 Å². The van der Waals surface area contributed by atoms with E-state index < -0.39 is 17.5 Å². The van der Waals surface area contributed by atoms with Crippen molar-refractivity contribution >= 4 is 30.1 Å². The Balaban J connectivity index is 0.00000144. The zero-order valence-electron chi connectivity index (χ0n) is 6.46. The van der Waals surface area contributed by atoms with E-state index in [4.69, 9.17) is 10.2 Å². The summed E-state index contributed by atoms with van der Waals surface area (Å²) in [6, 6.07) is 0. The summed E-state index contributed by atoms with van der Waals surface area (Å²) < 4.78 is 0. The van der Waals surface area contributed by atoms with E-state index >= 15 is 0 Å². The molecule has 0 radical (unpaired) electrons. The average molecular weight is 224 g/mol. The number of carbonyl (C=O) groups is 1. The number of hydrogen-bond donors (Lipinski definition) is 2. The van der Waals surface area contributed by atoms with Crippen molar-refractivity contribution in [2.45, 2.75) is 5.16 Å². The van der Waals surface area contributed by atoms with Crippen LogP contribution in [0.25, 0.3) is 0 Å². The number of aromatic nitrogens is 3. The van der Waals surface area contributed by atoms with E-state index in [9.17, 15) is 4.79 Å². The molecule has 0 aliphatic carbocycles. The molecule has 1 aromatic rings. The van der Waals surface area contributed by atoms with E-state index in [0.717, 1.165) is 0 Å². The second-order valence-electron chi connectivity index (χ2n) is 1.78. The Morgan fingerprint density at radius 1 is 1.46 bits per heavy atom. The predicted molar refractivity (Wildman–Crippen MR) is 47.5 cm³/mol. The molecular formula is C5H6ClN3O3S. The molecule has 6 nitrogen and oxygen atoms in total. The molecule has 0 spiro atoms. The maximum Gasteiger partial charge on any atom is 0.362 e. The van der Waals surface area contributed by atoms with Crippen LogP contribution >= 0.6 is 24.2 Å². The van der Waals surface area contributed by atoms with Crippen molar-refractivity contribution in [1.29, 1.82) is 0 Å². The Morgan fingerprint density at radius 3 is 2.46 bits per heavy atom. The molecule has 0 fully saturated rings. The van der Waals surface area contributed by atoms with Gasteiger partial charge in [0.15, 0.2) is 0 Å². The minimum atomic E-state index is -1.35. The molecule has 2 N–H and O–H groups in total. The zero-order valence-corrected chi connectivity index (χ0v) is 8.09. The molecule has 0 bridgehead atoms. The van der Waals surface area contributed by atoms with Crippen molar-refractivity contribution in [3.05, 3.63) is 5.69 Å². The molecule has 0 saturated heterocycles. The van der Waals surface area contributed by atoms with Crippen LogP contribution < -0.4 is 0 Å². The quantitative estimate of drug-likeness (QED) is 0.702. The lowest BCUT2D eigenvalue weighted by Crippen LogP contribution is -2.04. The van der Waals surface area contributed by atoms with E-state index in [1.165, 1.54) is 11.8 Å². The van der Waals surface area contributed by atoms with Gasteiger partial charge in [-0.3, -0.25) is 0 Å². The number of hydrogen-bond acceptors (Lipinski definition) is 6. The molecule has 0 aliphatic heterocycles. The molecule has 0 amide bonds. The Labute approximate surface area is 83.8 Å². The molecule has 0 unspecified atom stereocenters. The highest BCUT2D eigenvalue weighted by molar-refractivity contribution is 7.98. The van der Waals surface area contributed by atoms with Crippen molar-refractivity contribution in [3.63, 3.8) is 0 Å². The number of carboxylic acid groups (broad SMARTS) is 1. The molecule has 0 aliphatic rings. The Hall–Kier alpha value is -1.08. The summed E-state index contributed by atoms with van der Waals surface area (Å²) in [5.41, 5.74) is -0.534. The van der Waals surface area contributed by atoms with Crippen molar-refractivity contribution in [2.75, 3.05) is 6.26 Å². The first kappa shape index (κ1) is 11.9. The first-order valence-corrected chi connectivity index (χ1v) is 4.08. The van der Waals surface area contributed by atoms with Gasteiger partial charge in [-0.25, -0.2) is 4.79 Å². The number of aromatic hydroxyl groups is 1. The zero-order chi connectivity index (χ0) is 9.14. The molecule has 0 saturated carbocycles. The van der Waals surface area contributed by atoms with Crippen LogP contribution in [0.3, 0.4) is 0 Å². The van der Waals surface area contributed by atoms with Gasteiger partial charge in [0.05, 0.1) is 0 Å². The van der Waals surface area contributed by atoms with Crippen LogP contribution in [0, 0.1) is 0 Å². The average Bonchev–Trinajstić information content (AvgIpc) is 2.03. The second-order valence-corrected chi connectivity index (χ2v) is 2.55. The predicted octanol–water partition coefficient (Wildman–Crippen LogP) is 0.419. The highest BCUT2D eigenvalue weighted by Crippen LogP contribution is 2.13. The van der Waals surface area contributed by atoms with Gasteiger partial charge in [0.25, 0.3) is 0 Å². The number of rotatable bonds is 2. The summed E-state index contributed by atoms with van der Waals surface area (Å²) in [6.45, 7) is 0. The first-order chi connectivity index (χ1) is 5.65. The van der Waals surface area contributed by atoms with Crippen LogP contribution in [0.1, 0.15) is 10.5 Å². The van der Waals surface area contributed by atoms with E-state index in [1.54, 1.807) is 6.26 Å². The summed E-state index contributed by atoms with van der Waals surface area (Å²) in [5, 5.41) is 24.3. The van der Waals surface area contributed by atoms with E-state index in [2.05, 4.69) is 15.2 Å². The SMILES string of the molecule is CSc1nnc(C(=O)O)c(O)n1.Cl. The summed E-state index contributed by atoms with van der Waals surface area (Å²) in [7, 11) is 0. The fraction of sp³-hybridized carbons (Fsp3) is 0.200. The lowest BCUT2D eigenvalue weighted by atomic mass is 10.5. The number of nitrogens with zero attached hydrogens (tertiary/aromatic N) is 3. The van der Waals surface area contributed by atoms with Crippen LogP contribution in [-0.2, 0) is 0 Å². The molecule has 1 aromatic heterocycles. The van der Waals surface area contributed by atoms with Gasteiger partial charge in [0.1, 0.15) is 0 Å². The minimum Gasteiger partial charge on any atom is -0.491 e. The summed E-state index contributed by atoms with van der Waals surface area (Å²) in [5.74, 6) is -1.96. The smallest absolute Gasteiger partial charge is 0.362 e. The summed E-state index contributed by atoms with van der Waals surface area (Å²) >= 11 is 1.17. The molecule has 0 aromatic carbocycles. The van der Waals surface area contributed by atoms with Gasteiger partial charge in [0.2, 0.25) is 16.7 Å². The maximum absolute atomic E-state index is 10.3. The molecule has 13 heavy (non-hydrogen) atoms. The standard InChI is InChI=1S/C5H5N3O3S.ClH/c1-12-5-6-3(9)2(4(10)11)7-8-5;/h1H3,(H,10,11)(H,6,8,9);1H. The van der Waals surface area contributed by atoms with Gasteiger partial charge in [-0.15, -0.1) is 22.6 Å². The Morgan fingerprint density at radius 2 is 2.08 bits per heavy atom. The highest BCUT2D eigenvalue weighted by atomic mass is 35.5. The lowest BCUT2D eigenvalue weighted by Gasteiger charge is -1.96. The molecule has 8 heteroatoms. The molecule has 72 valence electrons. The van der Waals surface area contributed by atoms with Gasteiger partial charge in [-0.2, -0.15) is 4.98 Å². The van der Waals surface area contributed by atoms with Crippen LogP contribution in [-0.4, -0.2) is 37.6 Å². The second kappa shape index (κ2) is 4.83. The van der Waals surface area contributed by atoms with Crippen LogP contribution in [0.5, 0.6) is 5.88 Å². The number of halogens is 1. The van der Waals surface area contributed by atoms with Gasteiger partial charge in [0, 0.05) is 0 Å². The minimum absolute atomic E-state index is 0. The molecule has 0 atom stereocenters. The number of carboxylic acids is 1. The maximum atomic E-state index is 10.3. The summed E-state index contributed by atoms with van der Waals surface area (Å²) in [4.78, 5) is 13.8. The highest BCUT2D eigenvalue weighted by Gasteiger charge is 2.14. The number of thioether (sulfide) groups is 1. The first-order valence-electron chi connectivity index (χ1n) is 2.86. The Kier molecular flexibility index (Phi) is 4.43. The molecule has 1 heterocycles. The normalized spacial score (nSPS) is 9.00. The monoisotopic (exact) mass is 223 g/mol. The van der Waals surface area contributed by atoms with Gasteiger partial charge < -0.3 is 10.2 Å². The van der Waals surface area contributed by atoms with Crippen LogP contribution in [0.4, 0.5) is 0 Å². The fourth-order valence-electron chi connectivity index (χ4n) is 0.528. The van der Waals surface area contributed by atoms with Gasteiger partial charge in [-0.1, -0.05) is 11.8 Å². The number of aromatic carboxylic acids is 1. The van der Waals surface area contributed by atoms with Crippen molar-refractivity contribution < 1.29 is 15.0 Å². The third-order valence-corrected chi connectivity index (χ3v) is 1.57. The van der Waals surface area contributed by atoms with E-state index in [1.807, 2.05) is 0 Å².